The molecular formula is C19H27O3. The van der Waals surface area contributed by atoms with Crippen molar-refractivity contribution in [2.24, 2.45) is 23.2 Å². The highest BCUT2D eigenvalue weighted by atomic mass is 16.6. The second-order valence-electron chi connectivity index (χ2n) is 8.81. The summed E-state index contributed by atoms with van der Waals surface area (Å²) < 4.78 is 6.06. The van der Waals surface area contributed by atoms with Gasteiger partial charge in [0.1, 0.15) is 17.5 Å². The lowest BCUT2D eigenvalue weighted by Crippen LogP contribution is -2.51. The van der Waals surface area contributed by atoms with E-state index >= 15 is 0 Å². The third-order valence-corrected chi connectivity index (χ3v) is 8.06. The zero-order valence-electron chi connectivity index (χ0n) is 13.6. The molecule has 0 bridgehead atoms. The smallest absolute Gasteiger partial charge is 0.145 e. The first-order valence-corrected chi connectivity index (χ1v) is 9.08. The van der Waals surface area contributed by atoms with Crippen molar-refractivity contribution in [3.05, 3.63) is 17.3 Å². The van der Waals surface area contributed by atoms with Crippen molar-refractivity contribution in [3.8, 4) is 0 Å². The molecule has 1 heterocycles. The van der Waals surface area contributed by atoms with Crippen molar-refractivity contribution >= 4 is 0 Å². The van der Waals surface area contributed by atoms with Gasteiger partial charge in [-0.05, 0) is 80.6 Å². The molecule has 5 aliphatic rings. The fourth-order valence-corrected chi connectivity index (χ4v) is 6.72. The molecule has 7 atom stereocenters. The Morgan fingerprint density at radius 2 is 1.95 bits per heavy atom. The van der Waals surface area contributed by atoms with Crippen LogP contribution in [-0.4, -0.2) is 28.0 Å². The van der Waals surface area contributed by atoms with Crippen LogP contribution >= 0.6 is 0 Å². The molecule has 1 saturated heterocycles. The third-order valence-electron chi connectivity index (χ3n) is 8.06. The third kappa shape index (κ3) is 1.46. The molecule has 3 nitrogen and oxygen atoms in total. The van der Waals surface area contributed by atoms with Crippen LogP contribution in [0.5, 0.6) is 0 Å². The number of hydrogen-bond acceptors (Lipinski definition) is 3. The Hall–Kier alpha value is -0.540. The van der Waals surface area contributed by atoms with Crippen molar-refractivity contribution in [2.45, 2.75) is 76.6 Å². The van der Waals surface area contributed by atoms with Gasteiger partial charge in [0.2, 0.25) is 0 Å². The number of fused-ring (bicyclic) bond motifs is 4. The first-order valence-electron chi connectivity index (χ1n) is 9.08. The van der Waals surface area contributed by atoms with E-state index in [2.05, 4.69) is 13.8 Å². The van der Waals surface area contributed by atoms with Crippen molar-refractivity contribution in [1.29, 1.82) is 0 Å². The minimum atomic E-state index is -0.101. The van der Waals surface area contributed by atoms with E-state index in [9.17, 15) is 10.2 Å². The summed E-state index contributed by atoms with van der Waals surface area (Å²) in [6, 6.07) is 0. The molecule has 5 rings (SSSR count). The zero-order valence-corrected chi connectivity index (χ0v) is 13.6. The maximum absolute atomic E-state index is 10.5. The van der Waals surface area contributed by atoms with Gasteiger partial charge in [0.25, 0.3) is 0 Å². The van der Waals surface area contributed by atoms with Crippen LogP contribution in [-0.2, 0) is 4.74 Å². The fraction of sp³-hybridized carbons (Fsp3) is 0.842. The van der Waals surface area contributed by atoms with Crippen molar-refractivity contribution < 1.29 is 14.9 Å². The number of epoxide rings is 1. The molecule has 1 radical (unpaired) electrons. The fourth-order valence-electron chi connectivity index (χ4n) is 6.72. The lowest BCUT2D eigenvalue weighted by molar-refractivity contribution is -0.0480. The summed E-state index contributed by atoms with van der Waals surface area (Å²) in [6.45, 7) is 4.39. The van der Waals surface area contributed by atoms with Crippen molar-refractivity contribution in [3.63, 3.8) is 0 Å². The van der Waals surface area contributed by atoms with E-state index < -0.39 is 0 Å². The summed E-state index contributed by atoms with van der Waals surface area (Å²) in [5, 5.41) is 20.7. The van der Waals surface area contributed by atoms with Gasteiger partial charge in [-0.1, -0.05) is 6.92 Å². The van der Waals surface area contributed by atoms with E-state index in [4.69, 9.17) is 4.74 Å². The second kappa shape index (κ2) is 4.10. The van der Waals surface area contributed by atoms with Crippen LogP contribution in [0.2, 0.25) is 0 Å². The van der Waals surface area contributed by atoms with Crippen LogP contribution in [0.4, 0.5) is 0 Å². The van der Waals surface area contributed by atoms with E-state index in [1.54, 1.807) is 5.92 Å². The summed E-state index contributed by atoms with van der Waals surface area (Å²) in [6.07, 6.45) is 7.65. The molecule has 0 aromatic rings. The molecule has 0 aromatic heterocycles. The predicted octanol–water partition coefficient (Wildman–Crippen LogP) is 3.53. The van der Waals surface area contributed by atoms with Gasteiger partial charge in [-0.25, -0.2) is 0 Å². The van der Waals surface area contributed by atoms with Gasteiger partial charge in [-0.15, -0.1) is 0 Å². The SMILES string of the molecule is CC1=C(O)[C@H]2O[C@]23CC[C@@H]2[C@H](CC[C@]4(C)[C@@H](O)CC[C@@H]24)[C]3C1. The van der Waals surface area contributed by atoms with E-state index in [0.29, 0.717) is 17.6 Å². The minimum Gasteiger partial charge on any atom is -0.509 e. The van der Waals surface area contributed by atoms with Crippen LogP contribution in [0, 0.1) is 29.1 Å². The maximum atomic E-state index is 10.5. The molecule has 0 unspecified atom stereocenters. The summed E-state index contributed by atoms with van der Waals surface area (Å²) in [5.74, 6) is 4.18. The van der Waals surface area contributed by atoms with Gasteiger partial charge in [0.05, 0.1) is 6.10 Å². The normalized spacial score (nSPS) is 57.0. The summed E-state index contributed by atoms with van der Waals surface area (Å²) >= 11 is 0. The Morgan fingerprint density at radius 1 is 1.14 bits per heavy atom. The van der Waals surface area contributed by atoms with E-state index in [0.717, 1.165) is 37.2 Å². The van der Waals surface area contributed by atoms with Crippen LogP contribution < -0.4 is 0 Å². The van der Waals surface area contributed by atoms with E-state index in [-0.39, 0.29) is 23.2 Å². The largest absolute Gasteiger partial charge is 0.509 e. The predicted molar refractivity (Wildman–Crippen MR) is 83.1 cm³/mol. The number of aliphatic hydroxyl groups excluding tert-OH is 2. The van der Waals surface area contributed by atoms with E-state index in [1.807, 2.05) is 0 Å². The van der Waals surface area contributed by atoms with Gasteiger partial charge in [0, 0.05) is 5.92 Å². The molecule has 1 spiro atoms. The molecule has 0 amide bonds. The molecule has 1 aliphatic heterocycles. The first-order chi connectivity index (χ1) is 10.5. The number of ether oxygens (including phenoxy) is 1. The highest BCUT2D eigenvalue weighted by Crippen LogP contribution is 2.69. The average molecular weight is 303 g/mol. The van der Waals surface area contributed by atoms with Gasteiger partial charge < -0.3 is 14.9 Å². The Kier molecular flexibility index (Phi) is 2.58. The zero-order chi connectivity index (χ0) is 15.3. The summed E-state index contributed by atoms with van der Waals surface area (Å²) in [5.41, 5.74) is 1.17. The highest BCUT2D eigenvalue weighted by Gasteiger charge is 2.71. The molecule has 0 aromatic carbocycles. The van der Waals surface area contributed by atoms with Crippen LogP contribution in [0.3, 0.4) is 0 Å². The molecule has 121 valence electrons. The standard InChI is InChI=1S/C19H27O3/c1-10-9-14-12-5-7-18(2)13(3-4-15(18)20)11(12)6-8-19(14)17(22-19)16(10)21/h11-13,15,17,20-21H,3-9H2,1-2H3/t11-,12+,13+,15+,17-,18+,19+/m1/s1. The van der Waals surface area contributed by atoms with Gasteiger partial charge in [0.15, 0.2) is 0 Å². The average Bonchev–Trinajstić information content (AvgIpc) is 3.15. The summed E-state index contributed by atoms with van der Waals surface area (Å²) in [7, 11) is 0. The van der Waals surface area contributed by atoms with Crippen LogP contribution in [0.25, 0.3) is 0 Å². The molecular weight excluding hydrogens is 276 g/mol. The summed E-state index contributed by atoms with van der Waals surface area (Å²) in [4.78, 5) is 0. The number of hydrogen-bond donors (Lipinski definition) is 2. The van der Waals surface area contributed by atoms with E-state index in [1.165, 1.54) is 19.3 Å². The van der Waals surface area contributed by atoms with Gasteiger partial charge in [-0.2, -0.15) is 0 Å². The molecule has 22 heavy (non-hydrogen) atoms. The highest BCUT2D eigenvalue weighted by molar-refractivity contribution is 5.42. The second-order valence-corrected chi connectivity index (χ2v) is 8.81. The Labute approximate surface area is 132 Å². The molecule has 3 heteroatoms. The number of allylic oxidation sites excluding steroid dienone is 1. The quantitative estimate of drug-likeness (QED) is 0.673. The molecule has 3 saturated carbocycles. The van der Waals surface area contributed by atoms with Crippen LogP contribution in [0.1, 0.15) is 58.8 Å². The lowest BCUT2D eigenvalue weighted by Gasteiger charge is -2.54. The van der Waals surface area contributed by atoms with Gasteiger partial charge in [-0.3, -0.25) is 0 Å². The molecule has 2 N–H and O–H groups in total. The first kappa shape index (κ1) is 13.9. The topological polar surface area (TPSA) is 53.0 Å². The van der Waals surface area contributed by atoms with Gasteiger partial charge >= 0.3 is 0 Å². The monoisotopic (exact) mass is 303 g/mol. The number of rotatable bonds is 0. The molecule has 4 aliphatic carbocycles. The maximum Gasteiger partial charge on any atom is 0.145 e. The Bertz CT molecular complexity index is 555. The lowest BCUT2D eigenvalue weighted by atomic mass is 9.50. The molecule has 4 fully saturated rings. The Morgan fingerprint density at radius 3 is 2.77 bits per heavy atom. The minimum absolute atomic E-state index is 0.0281. The van der Waals surface area contributed by atoms with Crippen molar-refractivity contribution in [1.82, 2.24) is 0 Å². The number of aliphatic hydroxyl groups is 2. The van der Waals surface area contributed by atoms with Crippen LogP contribution in [0.15, 0.2) is 11.3 Å². The van der Waals surface area contributed by atoms with Crippen molar-refractivity contribution in [2.75, 3.05) is 0 Å². The Balaban J connectivity index is 1.48.